The van der Waals surface area contributed by atoms with E-state index in [0.717, 1.165) is 33.3 Å². The van der Waals surface area contributed by atoms with Gasteiger partial charge in [-0.3, -0.25) is 4.68 Å². The van der Waals surface area contributed by atoms with Crippen molar-refractivity contribution in [2.24, 2.45) is 0 Å². The van der Waals surface area contributed by atoms with Gasteiger partial charge in [0.15, 0.2) is 5.58 Å². The van der Waals surface area contributed by atoms with Gasteiger partial charge in [-0.1, -0.05) is 12.1 Å². The molecule has 2 heterocycles. The van der Waals surface area contributed by atoms with E-state index in [1.165, 1.54) is 0 Å². The number of aromatic nitrogens is 1. The zero-order valence-electron chi connectivity index (χ0n) is 8.74. The molecule has 2 N–H and O–H groups in total. The second kappa shape index (κ2) is 2.57. The molecule has 3 nitrogen and oxygen atoms in total. The second-order valence-corrected chi connectivity index (χ2v) is 3.86. The average molecular weight is 200 g/mol. The molecule has 0 radical (unpaired) electrons. The quantitative estimate of drug-likeness (QED) is 0.567. The molecule has 0 saturated carbocycles. The van der Waals surface area contributed by atoms with Crippen molar-refractivity contribution in [2.45, 2.75) is 13.8 Å². The monoisotopic (exact) mass is 200 g/mol. The van der Waals surface area contributed by atoms with Gasteiger partial charge in [-0.15, -0.1) is 0 Å². The van der Waals surface area contributed by atoms with E-state index in [4.69, 9.17) is 10.3 Å². The highest BCUT2D eigenvalue weighted by Crippen LogP contribution is 2.32. The summed E-state index contributed by atoms with van der Waals surface area (Å²) in [6.07, 6.45) is 0. The van der Waals surface area contributed by atoms with E-state index in [-0.39, 0.29) is 0 Å². The van der Waals surface area contributed by atoms with Crippen LogP contribution >= 0.6 is 0 Å². The molecule has 15 heavy (non-hydrogen) atoms. The van der Waals surface area contributed by atoms with Crippen molar-refractivity contribution in [1.29, 1.82) is 0 Å². The van der Waals surface area contributed by atoms with Gasteiger partial charge in [-0.2, -0.15) is 0 Å². The van der Waals surface area contributed by atoms with E-state index in [0.29, 0.717) is 0 Å². The van der Waals surface area contributed by atoms with Gasteiger partial charge >= 0.3 is 0 Å². The fraction of sp³-hybridized carbons (Fsp3) is 0.167. The van der Waals surface area contributed by atoms with Crippen LogP contribution < -0.4 is 5.84 Å². The van der Waals surface area contributed by atoms with Gasteiger partial charge in [-0.05, 0) is 26.0 Å². The topological polar surface area (TPSA) is 44.1 Å². The lowest BCUT2D eigenvalue weighted by molar-refractivity contribution is 0.666. The molecule has 76 valence electrons. The van der Waals surface area contributed by atoms with Crippen molar-refractivity contribution < 1.29 is 4.42 Å². The highest BCUT2D eigenvalue weighted by molar-refractivity contribution is 6.04. The van der Waals surface area contributed by atoms with Crippen molar-refractivity contribution in [3.8, 4) is 0 Å². The predicted molar refractivity (Wildman–Crippen MR) is 61.3 cm³/mol. The standard InChI is InChI=1S/C12H12N2O/c1-7-8(2)14(13)11-9-5-3-4-6-10(9)15-12(7)11/h3-6H,13H2,1-2H3. The maximum absolute atomic E-state index is 6.01. The Balaban J connectivity index is 2.65. The van der Waals surface area contributed by atoms with Crippen LogP contribution in [-0.2, 0) is 0 Å². The zero-order valence-corrected chi connectivity index (χ0v) is 8.74. The van der Waals surface area contributed by atoms with Crippen molar-refractivity contribution >= 4 is 22.1 Å². The van der Waals surface area contributed by atoms with E-state index in [2.05, 4.69) is 0 Å². The number of hydrogen-bond donors (Lipinski definition) is 1. The summed E-state index contributed by atoms with van der Waals surface area (Å²) in [5.41, 5.74) is 4.94. The smallest absolute Gasteiger partial charge is 0.158 e. The molecule has 3 rings (SSSR count). The lowest BCUT2D eigenvalue weighted by Crippen LogP contribution is -2.09. The van der Waals surface area contributed by atoms with Gasteiger partial charge in [-0.25, -0.2) is 0 Å². The number of nitrogen functional groups attached to an aromatic ring is 1. The summed E-state index contributed by atoms with van der Waals surface area (Å²) in [7, 11) is 0. The third-order valence-corrected chi connectivity index (χ3v) is 3.05. The maximum atomic E-state index is 6.01. The molecule has 0 aliphatic rings. The van der Waals surface area contributed by atoms with Gasteiger partial charge in [0.2, 0.25) is 0 Å². The summed E-state index contributed by atoms with van der Waals surface area (Å²) in [6.45, 7) is 4.03. The van der Waals surface area contributed by atoms with Gasteiger partial charge in [0.25, 0.3) is 0 Å². The molecule has 0 amide bonds. The number of aryl methyl sites for hydroxylation is 1. The van der Waals surface area contributed by atoms with E-state index < -0.39 is 0 Å². The number of hydrogen-bond acceptors (Lipinski definition) is 2. The summed E-state index contributed by atoms with van der Waals surface area (Å²) < 4.78 is 7.49. The fourth-order valence-corrected chi connectivity index (χ4v) is 2.04. The van der Waals surface area contributed by atoms with Crippen LogP contribution in [-0.4, -0.2) is 4.68 Å². The molecule has 0 bridgehead atoms. The van der Waals surface area contributed by atoms with Crippen LogP contribution in [0.2, 0.25) is 0 Å². The van der Waals surface area contributed by atoms with Crippen LogP contribution in [0, 0.1) is 13.8 Å². The number of benzene rings is 1. The Labute approximate surface area is 87.0 Å². The first-order valence-electron chi connectivity index (χ1n) is 4.94. The zero-order chi connectivity index (χ0) is 10.6. The molecular formula is C12H12N2O. The molecule has 2 aromatic heterocycles. The highest BCUT2D eigenvalue weighted by atomic mass is 16.3. The number of nitrogens with two attached hydrogens (primary N) is 1. The van der Waals surface area contributed by atoms with Gasteiger partial charge in [0.1, 0.15) is 11.1 Å². The predicted octanol–water partition coefficient (Wildman–Crippen LogP) is 2.72. The first-order valence-corrected chi connectivity index (χ1v) is 4.94. The molecule has 0 aliphatic heterocycles. The Hall–Kier alpha value is -1.90. The Morgan fingerprint density at radius 1 is 1.20 bits per heavy atom. The highest BCUT2D eigenvalue weighted by Gasteiger charge is 2.16. The number of furan rings is 1. The minimum Gasteiger partial charge on any atom is -0.454 e. The molecule has 0 aliphatic carbocycles. The van der Waals surface area contributed by atoms with Crippen LogP contribution in [0.25, 0.3) is 22.1 Å². The van der Waals surface area contributed by atoms with Crippen molar-refractivity contribution in [3.63, 3.8) is 0 Å². The minimum absolute atomic E-state index is 0.893. The summed E-state index contributed by atoms with van der Waals surface area (Å²) >= 11 is 0. The molecule has 1 aromatic carbocycles. The Morgan fingerprint density at radius 3 is 2.73 bits per heavy atom. The molecular weight excluding hydrogens is 188 g/mol. The van der Waals surface area contributed by atoms with Crippen molar-refractivity contribution in [3.05, 3.63) is 35.5 Å². The number of fused-ring (bicyclic) bond motifs is 3. The SMILES string of the molecule is Cc1c(C)n(N)c2c1oc1ccccc12. The Morgan fingerprint density at radius 2 is 1.93 bits per heavy atom. The Kier molecular flexibility index (Phi) is 1.44. The van der Waals surface area contributed by atoms with Gasteiger partial charge in [0.05, 0.1) is 0 Å². The summed E-state index contributed by atoms with van der Waals surface area (Å²) in [5.74, 6) is 6.01. The van der Waals surface area contributed by atoms with E-state index in [1.807, 2.05) is 38.1 Å². The van der Waals surface area contributed by atoms with Crippen LogP contribution in [0.3, 0.4) is 0 Å². The molecule has 3 heteroatoms. The van der Waals surface area contributed by atoms with Gasteiger partial charge < -0.3 is 10.3 Å². The first-order chi connectivity index (χ1) is 7.20. The third-order valence-electron chi connectivity index (χ3n) is 3.05. The normalized spacial score (nSPS) is 11.6. The number of para-hydroxylation sites is 1. The largest absolute Gasteiger partial charge is 0.454 e. The fourth-order valence-electron chi connectivity index (χ4n) is 2.04. The molecule has 0 spiro atoms. The summed E-state index contributed by atoms with van der Waals surface area (Å²) in [6, 6.07) is 7.95. The summed E-state index contributed by atoms with van der Waals surface area (Å²) in [4.78, 5) is 0. The lowest BCUT2D eigenvalue weighted by Gasteiger charge is -1.98. The molecule has 0 atom stereocenters. The number of nitrogens with zero attached hydrogens (tertiary/aromatic N) is 1. The molecule has 0 unspecified atom stereocenters. The van der Waals surface area contributed by atoms with E-state index in [9.17, 15) is 0 Å². The van der Waals surface area contributed by atoms with Crippen LogP contribution in [0.15, 0.2) is 28.7 Å². The molecule has 0 fully saturated rings. The van der Waals surface area contributed by atoms with Crippen LogP contribution in [0.5, 0.6) is 0 Å². The maximum Gasteiger partial charge on any atom is 0.158 e. The summed E-state index contributed by atoms with van der Waals surface area (Å²) in [5, 5.41) is 1.08. The van der Waals surface area contributed by atoms with E-state index >= 15 is 0 Å². The third kappa shape index (κ3) is 0.897. The minimum atomic E-state index is 0.893. The first kappa shape index (κ1) is 8.41. The molecule has 0 saturated heterocycles. The number of rotatable bonds is 0. The lowest BCUT2D eigenvalue weighted by atomic mass is 10.2. The van der Waals surface area contributed by atoms with Crippen molar-refractivity contribution in [2.75, 3.05) is 5.84 Å². The average Bonchev–Trinajstić information content (AvgIpc) is 2.72. The van der Waals surface area contributed by atoms with Gasteiger partial charge in [0, 0.05) is 16.6 Å². The van der Waals surface area contributed by atoms with E-state index in [1.54, 1.807) is 4.68 Å². The second-order valence-electron chi connectivity index (χ2n) is 3.86. The van der Waals surface area contributed by atoms with Crippen LogP contribution in [0.4, 0.5) is 0 Å². The van der Waals surface area contributed by atoms with Crippen LogP contribution in [0.1, 0.15) is 11.3 Å². The molecule has 3 aromatic rings. The Bertz CT molecular complexity index is 661. The van der Waals surface area contributed by atoms with Crippen molar-refractivity contribution in [1.82, 2.24) is 4.68 Å².